The highest BCUT2D eigenvalue weighted by molar-refractivity contribution is 6.31. The van der Waals surface area contributed by atoms with Crippen molar-refractivity contribution in [2.24, 2.45) is 11.1 Å². The molecule has 1 amide bonds. The van der Waals surface area contributed by atoms with Gasteiger partial charge >= 0.3 is 0 Å². The predicted octanol–water partition coefficient (Wildman–Crippen LogP) is 3.28. The summed E-state index contributed by atoms with van der Waals surface area (Å²) in [4.78, 5) is 14.2. The number of nitrogens with two attached hydrogens (primary N) is 1. The van der Waals surface area contributed by atoms with Crippen molar-refractivity contribution in [3.8, 4) is 0 Å². The van der Waals surface area contributed by atoms with Crippen molar-refractivity contribution in [2.75, 3.05) is 20.6 Å². The largest absolute Gasteiger partial charge is 0.353 e. The van der Waals surface area contributed by atoms with Gasteiger partial charge in [0.25, 0.3) is 0 Å². The first-order chi connectivity index (χ1) is 9.64. The molecule has 0 aliphatic rings. The number of hydrogen-bond donors (Lipinski definition) is 2. The lowest BCUT2D eigenvalue weighted by molar-refractivity contribution is -0.124. The molecule has 0 radical (unpaired) electrons. The summed E-state index contributed by atoms with van der Waals surface area (Å²) < 4.78 is 0. The lowest BCUT2D eigenvalue weighted by Crippen LogP contribution is -2.50. The monoisotopic (exact) mass is 383 g/mol. The van der Waals surface area contributed by atoms with Crippen molar-refractivity contribution < 1.29 is 4.79 Å². The fourth-order valence-electron chi connectivity index (χ4n) is 2.02. The van der Waals surface area contributed by atoms with Gasteiger partial charge in [0.15, 0.2) is 0 Å². The Morgan fingerprint density at radius 1 is 1.26 bits per heavy atom. The number of likely N-dealkylation sites (N-methyl/N-ethyl adjacent to an activating group) is 1. The minimum Gasteiger partial charge on any atom is -0.353 e. The van der Waals surface area contributed by atoms with Crippen LogP contribution in [0.25, 0.3) is 0 Å². The summed E-state index contributed by atoms with van der Waals surface area (Å²) in [6, 6.07) is 7.15. The van der Waals surface area contributed by atoms with Crippen LogP contribution in [-0.4, -0.2) is 37.5 Å². The van der Waals surface area contributed by atoms with Crippen LogP contribution < -0.4 is 11.1 Å². The number of carbonyl (C=O) groups is 1. The molecule has 1 unspecified atom stereocenters. The van der Waals surface area contributed by atoms with E-state index < -0.39 is 6.04 Å². The van der Waals surface area contributed by atoms with Gasteiger partial charge in [-0.2, -0.15) is 0 Å². The van der Waals surface area contributed by atoms with E-state index >= 15 is 0 Å². The number of rotatable bonds is 5. The first kappa shape index (κ1) is 24.7. The zero-order valence-electron chi connectivity index (χ0n) is 14.3. The number of hydrogen-bond acceptors (Lipinski definition) is 3. The Bertz CT molecular complexity index is 490. The Kier molecular flexibility index (Phi) is 11.1. The number of nitrogens with zero attached hydrogens (tertiary/aromatic N) is 1. The molecule has 3 N–H and O–H groups in total. The van der Waals surface area contributed by atoms with Crippen molar-refractivity contribution in [3.05, 3.63) is 34.9 Å². The summed E-state index contributed by atoms with van der Waals surface area (Å²) in [7, 11) is 3.92. The zero-order chi connectivity index (χ0) is 16.2. The Hall–Kier alpha value is -0.520. The maximum Gasteiger partial charge on any atom is 0.237 e. The summed E-state index contributed by atoms with van der Waals surface area (Å²) in [5, 5.41) is 3.63. The van der Waals surface area contributed by atoms with E-state index in [4.69, 9.17) is 17.3 Å². The van der Waals surface area contributed by atoms with Crippen LogP contribution in [0, 0.1) is 5.41 Å². The van der Waals surface area contributed by atoms with Gasteiger partial charge < -0.3 is 16.0 Å². The molecule has 0 bridgehead atoms. The minimum absolute atomic E-state index is 0. The minimum atomic E-state index is -0.536. The molecule has 0 saturated heterocycles. The van der Waals surface area contributed by atoms with Gasteiger partial charge in [-0.25, -0.2) is 0 Å². The van der Waals surface area contributed by atoms with Crippen LogP contribution in [0.1, 0.15) is 32.4 Å². The van der Waals surface area contributed by atoms with Gasteiger partial charge in [0.05, 0.1) is 12.1 Å². The fraction of sp³-hybridized carbons (Fsp3) is 0.562. The lowest BCUT2D eigenvalue weighted by atomic mass is 9.87. The van der Waals surface area contributed by atoms with E-state index in [1.54, 1.807) is 0 Å². The van der Waals surface area contributed by atoms with Crippen LogP contribution in [0.2, 0.25) is 5.02 Å². The second kappa shape index (κ2) is 10.4. The lowest BCUT2D eigenvalue weighted by Gasteiger charge is -2.29. The highest BCUT2D eigenvalue weighted by Crippen LogP contribution is 2.25. The summed E-state index contributed by atoms with van der Waals surface area (Å²) in [6.07, 6.45) is 0. The van der Waals surface area contributed by atoms with E-state index in [0.717, 1.165) is 5.56 Å². The molecule has 0 spiro atoms. The maximum atomic E-state index is 12.1. The average molecular weight is 385 g/mol. The number of amides is 1. The number of benzene rings is 1. The van der Waals surface area contributed by atoms with Crippen LogP contribution in [0.4, 0.5) is 0 Å². The van der Waals surface area contributed by atoms with Crippen molar-refractivity contribution in [3.63, 3.8) is 0 Å². The molecule has 0 aliphatic heterocycles. The van der Waals surface area contributed by atoms with Gasteiger partial charge in [0.2, 0.25) is 5.91 Å². The van der Waals surface area contributed by atoms with Gasteiger partial charge in [-0.05, 0) is 31.1 Å². The standard InChI is InChI=1S/C16H26ClN3O.2ClH/c1-16(2,3)14(18)15(21)19-10-13(20(4)5)11-8-6-7-9-12(11)17;;/h6-9,13-14H,10,18H2,1-5H3,(H,19,21);2*1H/t13?,14-;;/m1../s1. The van der Waals surface area contributed by atoms with E-state index in [-0.39, 0.29) is 42.2 Å². The molecule has 0 saturated carbocycles. The molecule has 1 aromatic carbocycles. The topological polar surface area (TPSA) is 58.4 Å². The van der Waals surface area contributed by atoms with Gasteiger partial charge in [-0.3, -0.25) is 4.79 Å². The average Bonchev–Trinajstić information content (AvgIpc) is 2.38. The van der Waals surface area contributed by atoms with Gasteiger partial charge in [0.1, 0.15) is 0 Å². The second-order valence-electron chi connectivity index (χ2n) is 6.59. The van der Waals surface area contributed by atoms with Crippen LogP contribution in [0.15, 0.2) is 24.3 Å². The Morgan fingerprint density at radius 3 is 2.22 bits per heavy atom. The highest BCUT2D eigenvalue weighted by atomic mass is 35.5. The second-order valence-corrected chi connectivity index (χ2v) is 7.00. The van der Waals surface area contributed by atoms with Crippen molar-refractivity contribution in [2.45, 2.75) is 32.9 Å². The molecule has 23 heavy (non-hydrogen) atoms. The summed E-state index contributed by atoms with van der Waals surface area (Å²) in [6.45, 7) is 6.33. The first-order valence-electron chi connectivity index (χ1n) is 7.08. The highest BCUT2D eigenvalue weighted by Gasteiger charge is 2.28. The van der Waals surface area contributed by atoms with Crippen molar-refractivity contribution in [1.82, 2.24) is 10.2 Å². The van der Waals surface area contributed by atoms with Crippen molar-refractivity contribution >= 4 is 42.3 Å². The fourth-order valence-corrected chi connectivity index (χ4v) is 2.28. The quantitative estimate of drug-likeness (QED) is 0.819. The van der Waals surface area contributed by atoms with Crippen LogP contribution in [0.3, 0.4) is 0 Å². The molecular formula is C16H28Cl3N3O. The number of carbonyl (C=O) groups excluding carboxylic acids is 1. The summed E-state index contributed by atoms with van der Waals surface area (Å²) in [5.74, 6) is -0.138. The molecule has 4 nitrogen and oxygen atoms in total. The van der Waals surface area contributed by atoms with Gasteiger partial charge in [-0.1, -0.05) is 50.6 Å². The molecule has 0 heterocycles. The molecular weight excluding hydrogens is 357 g/mol. The maximum absolute atomic E-state index is 12.1. The Labute approximate surface area is 157 Å². The Balaban J connectivity index is 0. The number of halogens is 3. The third-order valence-electron chi connectivity index (χ3n) is 3.57. The van der Waals surface area contributed by atoms with Crippen LogP contribution >= 0.6 is 36.4 Å². The third kappa shape index (κ3) is 7.27. The van der Waals surface area contributed by atoms with Gasteiger partial charge in [-0.15, -0.1) is 24.8 Å². The molecule has 0 fully saturated rings. The van der Waals surface area contributed by atoms with E-state index in [1.165, 1.54) is 0 Å². The van der Waals surface area contributed by atoms with E-state index in [0.29, 0.717) is 11.6 Å². The van der Waals surface area contributed by atoms with Crippen LogP contribution in [-0.2, 0) is 4.79 Å². The molecule has 1 rings (SSSR count). The molecule has 0 aliphatic carbocycles. The van der Waals surface area contributed by atoms with Crippen LogP contribution in [0.5, 0.6) is 0 Å². The van der Waals surface area contributed by atoms with E-state index in [2.05, 4.69) is 5.32 Å². The summed E-state index contributed by atoms with van der Waals surface area (Å²) >= 11 is 6.25. The Morgan fingerprint density at radius 2 is 1.78 bits per heavy atom. The predicted molar refractivity (Wildman–Crippen MR) is 103 cm³/mol. The SMILES string of the molecule is CN(C)C(CNC(=O)[C@@H](N)C(C)(C)C)c1ccccc1Cl.Cl.Cl. The van der Waals surface area contributed by atoms with E-state index in [1.807, 2.05) is 64.0 Å². The van der Waals surface area contributed by atoms with E-state index in [9.17, 15) is 4.79 Å². The normalized spacial score (nSPS) is 13.6. The molecule has 134 valence electrons. The molecule has 0 aromatic heterocycles. The molecule has 1 aromatic rings. The zero-order valence-corrected chi connectivity index (χ0v) is 16.7. The molecule has 2 atom stereocenters. The van der Waals surface area contributed by atoms with Crippen molar-refractivity contribution in [1.29, 1.82) is 0 Å². The van der Waals surface area contributed by atoms with Gasteiger partial charge in [0, 0.05) is 11.6 Å². The summed E-state index contributed by atoms with van der Waals surface area (Å²) in [5.41, 5.74) is 6.71. The number of nitrogens with one attached hydrogen (secondary N) is 1. The smallest absolute Gasteiger partial charge is 0.237 e. The third-order valence-corrected chi connectivity index (χ3v) is 3.92. The first-order valence-corrected chi connectivity index (χ1v) is 7.46. The molecule has 7 heteroatoms.